The molecular formula is C16H18ClFN2O2. The Bertz CT molecular complexity index is 602. The number of amides is 2. The molecule has 0 aromatic heterocycles. The van der Waals surface area contributed by atoms with Crippen molar-refractivity contribution >= 4 is 29.1 Å². The topological polar surface area (TPSA) is 49.4 Å². The second-order valence-corrected chi connectivity index (χ2v) is 6.41. The Morgan fingerprint density at radius 1 is 1.32 bits per heavy atom. The van der Waals surface area contributed by atoms with Crippen molar-refractivity contribution in [2.75, 3.05) is 11.9 Å². The average Bonchev–Trinajstić information content (AvgIpc) is 3.12. The van der Waals surface area contributed by atoms with Gasteiger partial charge in [0.15, 0.2) is 0 Å². The first-order chi connectivity index (χ1) is 10.5. The van der Waals surface area contributed by atoms with Crippen LogP contribution in [0.3, 0.4) is 0 Å². The van der Waals surface area contributed by atoms with Crippen LogP contribution in [0.25, 0.3) is 0 Å². The molecule has 6 heteroatoms. The zero-order valence-electron chi connectivity index (χ0n) is 12.1. The molecule has 1 aromatic carbocycles. The first-order valence-electron chi connectivity index (χ1n) is 7.60. The van der Waals surface area contributed by atoms with E-state index in [0.717, 1.165) is 25.7 Å². The largest absolute Gasteiger partial charge is 0.339 e. The molecule has 118 valence electrons. The summed E-state index contributed by atoms with van der Waals surface area (Å²) >= 11 is 5.62. The summed E-state index contributed by atoms with van der Waals surface area (Å²) < 4.78 is 13.4. The van der Waals surface area contributed by atoms with Gasteiger partial charge in [0.1, 0.15) is 5.82 Å². The van der Waals surface area contributed by atoms with Gasteiger partial charge in [-0.15, -0.1) is 0 Å². The third-order valence-corrected chi connectivity index (χ3v) is 4.79. The van der Waals surface area contributed by atoms with E-state index in [1.807, 2.05) is 4.90 Å². The van der Waals surface area contributed by atoms with Gasteiger partial charge < -0.3 is 10.2 Å². The van der Waals surface area contributed by atoms with Crippen LogP contribution in [0.4, 0.5) is 10.1 Å². The van der Waals surface area contributed by atoms with Crippen LogP contribution in [0.5, 0.6) is 0 Å². The molecule has 1 heterocycles. The lowest BCUT2D eigenvalue weighted by Gasteiger charge is -2.23. The van der Waals surface area contributed by atoms with Gasteiger partial charge >= 0.3 is 0 Å². The SMILES string of the molecule is O=C(Nc1ccc(Cl)c(F)c1)C1CC(=O)N(C2CCCC2)C1. The fraction of sp³-hybridized carbons (Fsp3) is 0.500. The van der Waals surface area contributed by atoms with Gasteiger partial charge in [-0.3, -0.25) is 9.59 Å². The standard InChI is InChI=1S/C16H18ClFN2O2/c17-13-6-5-11(8-14(13)18)19-16(22)10-7-15(21)20(9-10)12-3-1-2-4-12/h5-6,8,10,12H,1-4,7,9H2,(H,19,22). The molecule has 22 heavy (non-hydrogen) atoms. The average molecular weight is 325 g/mol. The minimum absolute atomic E-state index is 0.0152. The lowest BCUT2D eigenvalue weighted by atomic mass is 10.1. The Morgan fingerprint density at radius 2 is 2.05 bits per heavy atom. The lowest BCUT2D eigenvalue weighted by molar-refractivity contribution is -0.129. The minimum Gasteiger partial charge on any atom is -0.339 e. The van der Waals surface area contributed by atoms with Gasteiger partial charge in [-0.05, 0) is 31.0 Å². The van der Waals surface area contributed by atoms with Gasteiger partial charge in [0.05, 0.1) is 10.9 Å². The lowest BCUT2D eigenvalue weighted by Crippen LogP contribution is -2.35. The highest BCUT2D eigenvalue weighted by atomic mass is 35.5. The second kappa shape index (κ2) is 6.24. The van der Waals surface area contributed by atoms with Gasteiger partial charge in [-0.1, -0.05) is 24.4 Å². The fourth-order valence-corrected chi connectivity index (χ4v) is 3.41. The molecule has 1 atom stereocenters. The molecule has 1 aliphatic heterocycles. The Hall–Kier alpha value is -1.62. The molecule has 0 radical (unpaired) electrons. The van der Waals surface area contributed by atoms with Crippen LogP contribution in [-0.4, -0.2) is 29.3 Å². The van der Waals surface area contributed by atoms with Crippen molar-refractivity contribution < 1.29 is 14.0 Å². The zero-order chi connectivity index (χ0) is 15.7. The molecule has 1 saturated carbocycles. The molecule has 1 saturated heterocycles. The maximum Gasteiger partial charge on any atom is 0.229 e. The molecule has 1 unspecified atom stereocenters. The van der Waals surface area contributed by atoms with Crippen molar-refractivity contribution in [3.63, 3.8) is 0 Å². The molecule has 2 fully saturated rings. The number of likely N-dealkylation sites (tertiary alicyclic amines) is 1. The number of carbonyl (C=O) groups excluding carboxylic acids is 2. The molecule has 0 bridgehead atoms. The van der Waals surface area contributed by atoms with Gasteiger partial charge in [-0.25, -0.2) is 4.39 Å². The van der Waals surface area contributed by atoms with Crippen LogP contribution in [0.2, 0.25) is 5.02 Å². The van der Waals surface area contributed by atoms with Crippen molar-refractivity contribution in [1.82, 2.24) is 4.90 Å². The molecular weight excluding hydrogens is 307 g/mol. The predicted octanol–water partition coefficient (Wildman–Crippen LogP) is 3.21. The molecule has 1 aliphatic carbocycles. The summed E-state index contributed by atoms with van der Waals surface area (Å²) in [7, 11) is 0. The summed E-state index contributed by atoms with van der Waals surface area (Å²) in [6.07, 6.45) is 4.59. The van der Waals surface area contributed by atoms with E-state index in [0.29, 0.717) is 18.3 Å². The summed E-state index contributed by atoms with van der Waals surface area (Å²) in [4.78, 5) is 26.2. The Balaban J connectivity index is 1.63. The number of hydrogen-bond acceptors (Lipinski definition) is 2. The summed E-state index contributed by atoms with van der Waals surface area (Å²) in [5.74, 6) is -1.13. The van der Waals surface area contributed by atoms with Crippen LogP contribution < -0.4 is 5.32 Å². The number of nitrogens with one attached hydrogen (secondary N) is 1. The van der Waals surface area contributed by atoms with E-state index in [1.165, 1.54) is 12.1 Å². The second-order valence-electron chi connectivity index (χ2n) is 6.00. The van der Waals surface area contributed by atoms with E-state index in [-0.39, 0.29) is 29.2 Å². The molecule has 4 nitrogen and oxygen atoms in total. The van der Waals surface area contributed by atoms with Gasteiger partial charge in [0, 0.05) is 24.7 Å². The third-order valence-electron chi connectivity index (χ3n) is 4.48. The number of anilines is 1. The van der Waals surface area contributed by atoms with E-state index < -0.39 is 5.82 Å². The van der Waals surface area contributed by atoms with Crippen LogP contribution in [-0.2, 0) is 9.59 Å². The highest BCUT2D eigenvalue weighted by molar-refractivity contribution is 6.30. The number of hydrogen-bond donors (Lipinski definition) is 1. The Labute approximate surface area is 133 Å². The van der Waals surface area contributed by atoms with Crippen molar-refractivity contribution in [3.8, 4) is 0 Å². The van der Waals surface area contributed by atoms with Gasteiger partial charge in [0.25, 0.3) is 0 Å². The number of halogens is 2. The Kier molecular flexibility index (Phi) is 4.34. The maximum absolute atomic E-state index is 13.4. The van der Waals surface area contributed by atoms with Crippen molar-refractivity contribution in [2.45, 2.75) is 38.1 Å². The molecule has 2 aliphatic rings. The quantitative estimate of drug-likeness (QED) is 0.928. The monoisotopic (exact) mass is 324 g/mol. The van der Waals surface area contributed by atoms with Gasteiger partial charge in [0.2, 0.25) is 11.8 Å². The smallest absolute Gasteiger partial charge is 0.229 e. The molecule has 3 rings (SSSR count). The fourth-order valence-electron chi connectivity index (χ4n) is 3.29. The van der Waals surface area contributed by atoms with E-state index in [1.54, 1.807) is 6.07 Å². The van der Waals surface area contributed by atoms with E-state index >= 15 is 0 Å². The summed E-state index contributed by atoms with van der Waals surface area (Å²) in [5.41, 5.74) is 0.360. The van der Waals surface area contributed by atoms with Crippen molar-refractivity contribution in [2.24, 2.45) is 5.92 Å². The van der Waals surface area contributed by atoms with Crippen molar-refractivity contribution in [1.29, 1.82) is 0 Å². The van der Waals surface area contributed by atoms with Crippen LogP contribution >= 0.6 is 11.6 Å². The molecule has 2 amide bonds. The zero-order valence-corrected chi connectivity index (χ0v) is 12.9. The summed E-state index contributed by atoms with van der Waals surface area (Å²) in [6, 6.07) is 4.43. The highest BCUT2D eigenvalue weighted by Gasteiger charge is 2.38. The molecule has 1 aromatic rings. The number of nitrogens with zero attached hydrogens (tertiary/aromatic N) is 1. The van der Waals surface area contributed by atoms with Crippen LogP contribution in [0.1, 0.15) is 32.1 Å². The normalized spacial score (nSPS) is 22.4. The van der Waals surface area contributed by atoms with E-state index in [2.05, 4.69) is 5.32 Å². The van der Waals surface area contributed by atoms with E-state index in [9.17, 15) is 14.0 Å². The predicted molar refractivity (Wildman–Crippen MR) is 82.1 cm³/mol. The number of rotatable bonds is 3. The van der Waals surface area contributed by atoms with E-state index in [4.69, 9.17) is 11.6 Å². The summed E-state index contributed by atoms with van der Waals surface area (Å²) in [6.45, 7) is 0.464. The van der Waals surface area contributed by atoms with Crippen LogP contribution in [0, 0.1) is 11.7 Å². The third kappa shape index (κ3) is 3.09. The molecule has 0 spiro atoms. The first kappa shape index (κ1) is 15.3. The first-order valence-corrected chi connectivity index (χ1v) is 7.98. The highest BCUT2D eigenvalue weighted by Crippen LogP contribution is 2.30. The minimum atomic E-state index is -0.574. The molecule has 1 N–H and O–H groups in total. The summed E-state index contributed by atoms with van der Waals surface area (Å²) in [5, 5.41) is 2.68. The maximum atomic E-state index is 13.4. The Morgan fingerprint density at radius 3 is 2.73 bits per heavy atom. The van der Waals surface area contributed by atoms with Gasteiger partial charge in [-0.2, -0.15) is 0 Å². The number of benzene rings is 1. The van der Waals surface area contributed by atoms with Crippen LogP contribution in [0.15, 0.2) is 18.2 Å². The number of carbonyl (C=O) groups is 2. The van der Waals surface area contributed by atoms with Crippen molar-refractivity contribution in [3.05, 3.63) is 29.0 Å².